The summed E-state index contributed by atoms with van der Waals surface area (Å²) in [5, 5.41) is 10.5. The fourth-order valence-corrected chi connectivity index (χ4v) is 1.73. The lowest BCUT2D eigenvalue weighted by Gasteiger charge is -2.19. The summed E-state index contributed by atoms with van der Waals surface area (Å²) in [6.45, 7) is 6.44. The van der Waals surface area contributed by atoms with Crippen molar-refractivity contribution in [2.24, 2.45) is 0 Å². The molecule has 0 fully saturated rings. The summed E-state index contributed by atoms with van der Waals surface area (Å²) in [5.41, 5.74) is 1.32. The summed E-state index contributed by atoms with van der Waals surface area (Å²) in [7, 11) is 0. The van der Waals surface area contributed by atoms with Crippen LogP contribution in [0.4, 0.5) is 5.69 Å². The highest BCUT2D eigenvalue weighted by Crippen LogP contribution is 2.27. The Labute approximate surface area is 118 Å². The summed E-state index contributed by atoms with van der Waals surface area (Å²) in [5.74, 6) is 1.14. The van der Waals surface area contributed by atoms with Gasteiger partial charge < -0.3 is 4.74 Å². The number of nitro benzene ring substituents is 1. The number of hydrogen-bond acceptors (Lipinski definition) is 3. The lowest BCUT2D eigenvalue weighted by Crippen LogP contribution is -2.10. The Balaban J connectivity index is 2.12. The van der Waals surface area contributed by atoms with Crippen molar-refractivity contribution in [3.8, 4) is 11.5 Å². The smallest absolute Gasteiger partial charge is 0.270 e. The van der Waals surface area contributed by atoms with Gasteiger partial charge >= 0.3 is 0 Å². The molecule has 0 aliphatic carbocycles. The molecule has 0 bridgehead atoms. The molecule has 0 saturated heterocycles. The van der Waals surface area contributed by atoms with Gasteiger partial charge in [0.05, 0.1) is 4.92 Å². The van der Waals surface area contributed by atoms with E-state index in [9.17, 15) is 10.1 Å². The van der Waals surface area contributed by atoms with Crippen molar-refractivity contribution in [1.29, 1.82) is 0 Å². The Morgan fingerprint density at radius 3 is 2.20 bits per heavy atom. The van der Waals surface area contributed by atoms with E-state index in [1.54, 1.807) is 0 Å². The Morgan fingerprint density at radius 2 is 1.75 bits per heavy atom. The zero-order valence-corrected chi connectivity index (χ0v) is 11.7. The number of nitrogens with zero attached hydrogens (tertiary/aromatic N) is 1. The molecule has 1 radical (unpaired) electrons. The molecule has 0 aliphatic heterocycles. The minimum atomic E-state index is -0.460. The monoisotopic (exact) mass is 270 g/mol. The minimum absolute atomic E-state index is 0.000399. The molecule has 0 unspecified atom stereocenters. The Morgan fingerprint density at radius 1 is 1.10 bits per heavy atom. The first-order valence-electron chi connectivity index (χ1n) is 6.31. The Bertz CT molecular complexity index is 595. The van der Waals surface area contributed by atoms with Crippen LogP contribution in [0, 0.1) is 16.2 Å². The van der Waals surface area contributed by atoms with Crippen LogP contribution in [0.3, 0.4) is 0 Å². The Kier molecular flexibility index (Phi) is 3.74. The van der Waals surface area contributed by atoms with Crippen LogP contribution in [0.15, 0.2) is 42.5 Å². The predicted octanol–water partition coefficient (Wildman–Crippen LogP) is 4.48. The van der Waals surface area contributed by atoms with Gasteiger partial charge in [-0.15, -0.1) is 0 Å². The highest BCUT2D eigenvalue weighted by Gasteiger charge is 2.13. The van der Waals surface area contributed by atoms with Crippen LogP contribution >= 0.6 is 0 Å². The zero-order valence-electron chi connectivity index (χ0n) is 11.7. The van der Waals surface area contributed by atoms with E-state index in [1.165, 1.54) is 23.8 Å². The lowest BCUT2D eigenvalue weighted by atomic mass is 9.87. The van der Waals surface area contributed by atoms with E-state index in [0.29, 0.717) is 11.5 Å². The number of hydrogen-bond donors (Lipinski definition) is 0. The van der Waals surface area contributed by atoms with Gasteiger partial charge in [-0.1, -0.05) is 32.9 Å². The fourth-order valence-electron chi connectivity index (χ4n) is 1.73. The standard InChI is InChI=1S/C16H16NO3/c1-16(2,3)12-4-8-14(9-5-12)20-15-10-6-13(7-11-15)17(18)19/h4-10H,1-3H3. The van der Waals surface area contributed by atoms with Crippen LogP contribution in [-0.4, -0.2) is 4.92 Å². The van der Waals surface area contributed by atoms with Gasteiger partial charge in [0.1, 0.15) is 11.5 Å². The quantitative estimate of drug-likeness (QED) is 0.610. The molecule has 2 aromatic carbocycles. The van der Waals surface area contributed by atoms with E-state index in [0.717, 1.165) is 0 Å². The van der Waals surface area contributed by atoms with Gasteiger partial charge in [-0.2, -0.15) is 0 Å². The van der Waals surface area contributed by atoms with Crippen LogP contribution in [-0.2, 0) is 5.41 Å². The number of ether oxygens (including phenoxy) is 1. The molecule has 0 amide bonds. The van der Waals surface area contributed by atoms with E-state index in [-0.39, 0.29) is 11.1 Å². The van der Waals surface area contributed by atoms with Gasteiger partial charge in [0.25, 0.3) is 5.69 Å². The fraction of sp³-hybridized carbons (Fsp3) is 0.250. The third-order valence-corrected chi connectivity index (χ3v) is 2.93. The Hall–Kier alpha value is -2.36. The van der Waals surface area contributed by atoms with Crippen molar-refractivity contribution >= 4 is 5.69 Å². The highest BCUT2D eigenvalue weighted by atomic mass is 16.6. The van der Waals surface area contributed by atoms with Gasteiger partial charge in [0.15, 0.2) is 0 Å². The third kappa shape index (κ3) is 3.35. The molecule has 2 rings (SSSR count). The zero-order chi connectivity index (χ0) is 14.8. The van der Waals surface area contributed by atoms with E-state index >= 15 is 0 Å². The van der Waals surface area contributed by atoms with Crippen molar-refractivity contribution in [1.82, 2.24) is 0 Å². The van der Waals surface area contributed by atoms with Gasteiger partial charge in [0.2, 0.25) is 0 Å². The van der Waals surface area contributed by atoms with Crippen LogP contribution < -0.4 is 4.74 Å². The molecule has 4 heteroatoms. The second kappa shape index (κ2) is 5.33. The van der Waals surface area contributed by atoms with Crippen molar-refractivity contribution in [2.45, 2.75) is 26.2 Å². The number of non-ortho nitro benzene ring substituents is 1. The van der Waals surface area contributed by atoms with E-state index in [2.05, 4.69) is 26.8 Å². The predicted molar refractivity (Wildman–Crippen MR) is 77.1 cm³/mol. The molecule has 0 aromatic heterocycles. The van der Waals surface area contributed by atoms with Crippen molar-refractivity contribution in [3.05, 3.63) is 64.2 Å². The molecule has 0 atom stereocenters. The molecule has 0 N–H and O–H groups in total. The molecule has 0 spiro atoms. The maximum Gasteiger partial charge on any atom is 0.270 e. The number of nitro groups is 1. The molecule has 0 heterocycles. The van der Waals surface area contributed by atoms with Crippen LogP contribution in [0.5, 0.6) is 11.5 Å². The maximum absolute atomic E-state index is 10.5. The van der Waals surface area contributed by atoms with Crippen molar-refractivity contribution in [2.75, 3.05) is 0 Å². The normalized spacial score (nSPS) is 11.2. The molecule has 4 nitrogen and oxygen atoms in total. The van der Waals surface area contributed by atoms with Crippen LogP contribution in [0.25, 0.3) is 0 Å². The first-order valence-corrected chi connectivity index (χ1v) is 6.31. The number of benzene rings is 2. The largest absolute Gasteiger partial charge is 0.457 e. The first kappa shape index (κ1) is 14.1. The highest BCUT2D eigenvalue weighted by molar-refractivity contribution is 5.38. The summed E-state index contributed by atoms with van der Waals surface area (Å²) in [4.78, 5) is 10.1. The second-order valence-corrected chi connectivity index (χ2v) is 5.54. The van der Waals surface area contributed by atoms with E-state index in [1.807, 2.05) is 24.3 Å². The van der Waals surface area contributed by atoms with Crippen molar-refractivity contribution < 1.29 is 9.66 Å². The first-order chi connectivity index (χ1) is 9.36. The summed E-state index contributed by atoms with van der Waals surface area (Å²) < 4.78 is 5.60. The maximum atomic E-state index is 10.5. The average Bonchev–Trinajstić information content (AvgIpc) is 2.39. The lowest BCUT2D eigenvalue weighted by molar-refractivity contribution is -0.384. The molecule has 0 saturated carbocycles. The van der Waals surface area contributed by atoms with Crippen LogP contribution in [0.2, 0.25) is 0 Å². The van der Waals surface area contributed by atoms with Gasteiger partial charge in [-0.3, -0.25) is 10.1 Å². The molecule has 20 heavy (non-hydrogen) atoms. The van der Waals surface area contributed by atoms with Gasteiger partial charge in [-0.25, -0.2) is 0 Å². The van der Waals surface area contributed by atoms with Crippen LogP contribution in [0.1, 0.15) is 26.3 Å². The summed E-state index contributed by atoms with van der Waals surface area (Å²) in [6.07, 6.45) is 0. The van der Waals surface area contributed by atoms with Gasteiger partial charge in [-0.05, 0) is 29.2 Å². The number of rotatable bonds is 3. The molecule has 103 valence electrons. The van der Waals surface area contributed by atoms with Gasteiger partial charge in [0, 0.05) is 18.2 Å². The summed E-state index contributed by atoms with van der Waals surface area (Å²) >= 11 is 0. The SMILES string of the molecule is CC(C)(C)c1ccc(Oc2[c]cc([N+](=O)[O-])cc2)cc1. The van der Waals surface area contributed by atoms with Crippen molar-refractivity contribution in [3.63, 3.8) is 0 Å². The summed E-state index contributed by atoms with van der Waals surface area (Å²) in [6, 6.07) is 14.8. The molecular weight excluding hydrogens is 254 g/mol. The topological polar surface area (TPSA) is 52.4 Å². The average molecular weight is 270 g/mol. The molecule has 0 aliphatic rings. The third-order valence-electron chi connectivity index (χ3n) is 2.93. The minimum Gasteiger partial charge on any atom is -0.457 e. The second-order valence-electron chi connectivity index (χ2n) is 5.54. The molecule has 2 aromatic rings. The van der Waals surface area contributed by atoms with E-state index < -0.39 is 4.92 Å². The van der Waals surface area contributed by atoms with E-state index in [4.69, 9.17) is 4.74 Å². The molecular formula is C16H16NO3.